The molecule has 0 radical (unpaired) electrons. The lowest BCUT2D eigenvalue weighted by atomic mass is 10.1. The molecule has 0 aliphatic carbocycles. The van der Waals surface area contributed by atoms with Crippen LogP contribution >= 0.6 is 11.6 Å². The van der Waals surface area contributed by atoms with Crippen LogP contribution in [0.3, 0.4) is 0 Å². The number of esters is 1. The minimum absolute atomic E-state index is 0.0109. The average Bonchev–Trinajstić information content (AvgIpc) is 3.03. The van der Waals surface area contributed by atoms with E-state index in [2.05, 4.69) is 5.32 Å². The standard InChI is InChI=1S/C17H14ClNO5/c18-13-4-2-1-3-11(13)7-17(21)22-9-16(20)19-12-5-6-14-15(8-12)24-10-23-14/h1-6,8H,7,9-10H2,(H,19,20). The number of carbonyl (C=O) groups is 2. The van der Waals surface area contributed by atoms with Crippen LogP contribution in [0.25, 0.3) is 0 Å². The van der Waals surface area contributed by atoms with Gasteiger partial charge in [-0.2, -0.15) is 0 Å². The number of carbonyl (C=O) groups excluding carboxylic acids is 2. The Hall–Kier alpha value is -2.73. The second-order valence-corrected chi connectivity index (χ2v) is 5.45. The fourth-order valence-electron chi connectivity index (χ4n) is 2.17. The number of halogens is 1. The highest BCUT2D eigenvalue weighted by atomic mass is 35.5. The maximum atomic E-state index is 11.8. The van der Waals surface area contributed by atoms with Crippen LogP contribution < -0.4 is 14.8 Å². The fourth-order valence-corrected chi connectivity index (χ4v) is 2.37. The Morgan fingerprint density at radius 3 is 2.75 bits per heavy atom. The van der Waals surface area contributed by atoms with Gasteiger partial charge in [-0.1, -0.05) is 29.8 Å². The van der Waals surface area contributed by atoms with Crippen LogP contribution in [-0.2, 0) is 20.7 Å². The molecule has 124 valence electrons. The molecule has 0 fully saturated rings. The van der Waals surface area contributed by atoms with E-state index in [1.165, 1.54) is 0 Å². The zero-order valence-electron chi connectivity index (χ0n) is 12.6. The number of hydrogen-bond donors (Lipinski definition) is 1. The third kappa shape index (κ3) is 3.97. The Balaban J connectivity index is 1.49. The molecule has 0 atom stereocenters. The summed E-state index contributed by atoms with van der Waals surface area (Å²) in [5.41, 5.74) is 1.19. The summed E-state index contributed by atoms with van der Waals surface area (Å²) in [7, 11) is 0. The summed E-state index contributed by atoms with van der Waals surface area (Å²) in [6.07, 6.45) is 0.0109. The van der Waals surface area contributed by atoms with E-state index in [-0.39, 0.29) is 19.8 Å². The van der Waals surface area contributed by atoms with Gasteiger partial charge in [0.15, 0.2) is 18.1 Å². The van der Waals surface area contributed by atoms with Gasteiger partial charge in [0, 0.05) is 16.8 Å². The summed E-state index contributed by atoms with van der Waals surface area (Å²) in [6, 6.07) is 12.0. The van der Waals surface area contributed by atoms with Gasteiger partial charge in [-0.15, -0.1) is 0 Å². The molecular formula is C17H14ClNO5. The zero-order valence-corrected chi connectivity index (χ0v) is 13.3. The van der Waals surface area contributed by atoms with Crippen LogP contribution in [0.2, 0.25) is 5.02 Å². The third-order valence-electron chi connectivity index (χ3n) is 3.31. The first-order chi connectivity index (χ1) is 11.6. The van der Waals surface area contributed by atoms with Crippen molar-refractivity contribution in [2.75, 3.05) is 18.7 Å². The topological polar surface area (TPSA) is 73.9 Å². The predicted molar refractivity (Wildman–Crippen MR) is 87.3 cm³/mol. The number of amides is 1. The molecule has 2 aromatic carbocycles. The van der Waals surface area contributed by atoms with Crippen molar-refractivity contribution in [1.29, 1.82) is 0 Å². The largest absolute Gasteiger partial charge is 0.455 e. The summed E-state index contributed by atoms with van der Waals surface area (Å²) in [5, 5.41) is 3.11. The Labute approximate surface area is 143 Å². The van der Waals surface area contributed by atoms with E-state index < -0.39 is 11.9 Å². The summed E-state index contributed by atoms with van der Waals surface area (Å²) < 4.78 is 15.4. The third-order valence-corrected chi connectivity index (χ3v) is 3.68. The summed E-state index contributed by atoms with van der Waals surface area (Å²) in [6.45, 7) is -0.218. The molecule has 1 amide bonds. The number of benzene rings is 2. The van der Waals surface area contributed by atoms with E-state index in [9.17, 15) is 9.59 Å². The first-order valence-corrected chi connectivity index (χ1v) is 7.58. The Morgan fingerprint density at radius 1 is 1.12 bits per heavy atom. The van der Waals surface area contributed by atoms with Gasteiger partial charge in [0.05, 0.1) is 6.42 Å². The number of nitrogens with one attached hydrogen (secondary N) is 1. The molecule has 1 aliphatic heterocycles. The molecule has 7 heteroatoms. The van der Waals surface area contributed by atoms with E-state index in [0.717, 1.165) is 0 Å². The normalized spacial score (nSPS) is 11.9. The molecule has 1 N–H and O–H groups in total. The highest BCUT2D eigenvalue weighted by Crippen LogP contribution is 2.34. The molecule has 1 aliphatic rings. The van der Waals surface area contributed by atoms with Gasteiger partial charge in [-0.3, -0.25) is 9.59 Å². The van der Waals surface area contributed by atoms with Crippen molar-refractivity contribution in [3.8, 4) is 11.5 Å². The van der Waals surface area contributed by atoms with Crippen molar-refractivity contribution >= 4 is 29.2 Å². The second-order valence-electron chi connectivity index (χ2n) is 5.05. The molecule has 0 saturated heterocycles. The molecular weight excluding hydrogens is 334 g/mol. The number of rotatable bonds is 5. The van der Waals surface area contributed by atoms with Gasteiger partial charge in [0.1, 0.15) is 0 Å². The Bertz CT molecular complexity index is 777. The van der Waals surface area contributed by atoms with Gasteiger partial charge in [0.2, 0.25) is 6.79 Å². The minimum Gasteiger partial charge on any atom is -0.455 e. The van der Waals surface area contributed by atoms with Crippen LogP contribution in [0.15, 0.2) is 42.5 Å². The summed E-state index contributed by atoms with van der Waals surface area (Å²) >= 11 is 5.98. The predicted octanol–water partition coefficient (Wildman–Crippen LogP) is 2.79. The van der Waals surface area contributed by atoms with Gasteiger partial charge in [-0.25, -0.2) is 0 Å². The molecule has 24 heavy (non-hydrogen) atoms. The summed E-state index contributed by atoms with van der Waals surface area (Å²) in [4.78, 5) is 23.6. The number of anilines is 1. The first kappa shape index (κ1) is 16.1. The Morgan fingerprint density at radius 2 is 1.92 bits per heavy atom. The van der Waals surface area contributed by atoms with Crippen LogP contribution in [0.1, 0.15) is 5.56 Å². The van der Waals surface area contributed by atoms with E-state index in [1.54, 1.807) is 42.5 Å². The van der Waals surface area contributed by atoms with Crippen LogP contribution in [0, 0.1) is 0 Å². The molecule has 2 aromatic rings. The number of ether oxygens (including phenoxy) is 3. The lowest BCUT2D eigenvalue weighted by Crippen LogP contribution is -2.21. The molecule has 0 spiro atoms. The highest BCUT2D eigenvalue weighted by Gasteiger charge is 2.15. The van der Waals surface area contributed by atoms with E-state index in [4.69, 9.17) is 25.8 Å². The van der Waals surface area contributed by atoms with Gasteiger partial charge in [-0.05, 0) is 23.8 Å². The molecule has 6 nitrogen and oxygen atoms in total. The second kappa shape index (κ2) is 7.23. The molecule has 0 bridgehead atoms. The number of fused-ring (bicyclic) bond motifs is 1. The van der Waals surface area contributed by atoms with Crippen molar-refractivity contribution in [2.45, 2.75) is 6.42 Å². The molecule has 0 aromatic heterocycles. The van der Waals surface area contributed by atoms with E-state index in [1.807, 2.05) is 0 Å². The molecule has 0 saturated carbocycles. The van der Waals surface area contributed by atoms with Gasteiger partial charge < -0.3 is 19.5 Å². The van der Waals surface area contributed by atoms with Crippen LogP contribution in [0.5, 0.6) is 11.5 Å². The molecule has 0 unspecified atom stereocenters. The van der Waals surface area contributed by atoms with E-state index >= 15 is 0 Å². The van der Waals surface area contributed by atoms with Gasteiger partial charge >= 0.3 is 5.97 Å². The van der Waals surface area contributed by atoms with Crippen molar-refractivity contribution < 1.29 is 23.8 Å². The lowest BCUT2D eigenvalue weighted by molar-refractivity contribution is -0.146. The monoisotopic (exact) mass is 347 g/mol. The highest BCUT2D eigenvalue weighted by molar-refractivity contribution is 6.31. The SMILES string of the molecule is O=C(COC(=O)Cc1ccccc1Cl)Nc1ccc2c(c1)OCO2. The quantitative estimate of drug-likeness (QED) is 0.842. The fraction of sp³-hybridized carbons (Fsp3) is 0.176. The summed E-state index contributed by atoms with van der Waals surface area (Å²) in [5.74, 6) is 0.216. The van der Waals surface area contributed by atoms with Gasteiger partial charge in [0.25, 0.3) is 5.91 Å². The smallest absolute Gasteiger partial charge is 0.310 e. The number of hydrogen-bond acceptors (Lipinski definition) is 5. The van der Waals surface area contributed by atoms with E-state index in [0.29, 0.717) is 27.8 Å². The maximum Gasteiger partial charge on any atom is 0.310 e. The maximum absolute atomic E-state index is 11.8. The average molecular weight is 348 g/mol. The minimum atomic E-state index is -0.524. The van der Waals surface area contributed by atoms with Crippen LogP contribution in [-0.4, -0.2) is 25.3 Å². The molecule has 3 rings (SSSR count). The zero-order chi connectivity index (χ0) is 16.9. The van der Waals surface area contributed by atoms with Crippen molar-refractivity contribution in [3.05, 3.63) is 53.1 Å². The first-order valence-electron chi connectivity index (χ1n) is 7.20. The van der Waals surface area contributed by atoms with Crippen molar-refractivity contribution in [2.24, 2.45) is 0 Å². The van der Waals surface area contributed by atoms with Crippen LogP contribution in [0.4, 0.5) is 5.69 Å². The van der Waals surface area contributed by atoms with Crippen molar-refractivity contribution in [3.63, 3.8) is 0 Å². The lowest BCUT2D eigenvalue weighted by Gasteiger charge is -2.08. The molecule has 1 heterocycles. The Kier molecular flexibility index (Phi) is 4.86. The van der Waals surface area contributed by atoms with Crippen molar-refractivity contribution in [1.82, 2.24) is 0 Å².